The lowest BCUT2D eigenvalue weighted by molar-refractivity contribution is -0.118. The summed E-state index contributed by atoms with van der Waals surface area (Å²) < 4.78 is 1.34. The Morgan fingerprint density at radius 2 is 1.54 bits per heavy atom. The van der Waals surface area contributed by atoms with Crippen LogP contribution >= 0.6 is 67.8 Å². The third kappa shape index (κ3) is 3.55. The number of anilines is 1. The minimum atomic E-state index is -1.23. The van der Waals surface area contributed by atoms with E-state index in [1.54, 1.807) is 0 Å². The van der Waals surface area contributed by atoms with Gasteiger partial charge in [-0.2, -0.15) is 0 Å². The normalized spacial score (nSPS) is 14.8. The number of rotatable bonds is 5. The van der Waals surface area contributed by atoms with Crippen LogP contribution in [0.1, 0.15) is 20.7 Å². The predicted octanol–water partition coefficient (Wildman–Crippen LogP) is 0.380. The summed E-state index contributed by atoms with van der Waals surface area (Å²) >= 11 is 5.68. The van der Waals surface area contributed by atoms with Crippen molar-refractivity contribution in [1.29, 1.82) is 0 Å². The Morgan fingerprint density at radius 3 is 1.96 bits per heavy atom. The molecule has 130 valence electrons. The van der Waals surface area contributed by atoms with E-state index in [9.17, 15) is 19.5 Å². The molecule has 0 radical (unpaired) electrons. The number of hydrogen-bond donors (Lipinski definition) is 4. The lowest BCUT2D eigenvalue weighted by atomic mass is 10.0. The number of amides is 3. The molecule has 4 N–H and O–H groups in total. The minimum Gasteiger partial charge on any atom is -0.394 e. The zero-order chi connectivity index (χ0) is 18.2. The van der Waals surface area contributed by atoms with Crippen molar-refractivity contribution in [3.63, 3.8) is 0 Å². The van der Waals surface area contributed by atoms with Crippen LogP contribution in [0, 0.1) is 10.7 Å². The molecule has 1 aromatic carbocycles. The predicted molar refractivity (Wildman–Crippen MR) is 109 cm³/mol. The van der Waals surface area contributed by atoms with Crippen molar-refractivity contribution in [2.45, 2.75) is 6.10 Å². The van der Waals surface area contributed by atoms with Crippen molar-refractivity contribution in [1.82, 2.24) is 4.90 Å². The van der Waals surface area contributed by atoms with Crippen LogP contribution in [0.25, 0.3) is 0 Å². The van der Waals surface area contributed by atoms with E-state index in [1.807, 2.05) is 67.8 Å². The molecule has 0 aromatic heterocycles. The first-order valence-electron chi connectivity index (χ1n) is 6.50. The summed E-state index contributed by atoms with van der Waals surface area (Å²) in [5.41, 5.74) is 0.777. The first-order valence-corrected chi connectivity index (χ1v) is 9.74. The van der Waals surface area contributed by atoms with E-state index in [-0.39, 0.29) is 17.7 Å². The molecular formula is C13H11I3N2O6. The number of nitrogens with zero attached hydrogens (tertiary/aromatic N) is 1. The first kappa shape index (κ1) is 20.2. The number of benzene rings is 1. The number of β-amino-alcohol motifs (C(OH)–C–C–N with tert-alkyl or cyclic N) is 1. The molecule has 2 bridgehead atoms. The topological polar surface area (TPSA) is 127 Å². The maximum Gasteiger partial charge on any atom is 0.263 e. The number of carbonyl (C=O) groups excluding carboxylic acids is 3. The highest BCUT2D eigenvalue weighted by Crippen LogP contribution is 2.39. The van der Waals surface area contributed by atoms with Crippen molar-refractivity contribution in [2.75, 3.05) is 25.1 Å². The second-order valence-electron chi connectivity index (χ2n) is 4.83. The Hall–Kier alpha value is -0.100. The van der Waals surface area contributed by atoms with Gasteiger partial charge in [0.2, 0.25) is 5.91 Å². The van der Waals surface area contributed by atoms with Crippen LogP contribution in [0.2, 0.25) is 0 Å². The van der Waals surface area contributed by atoms with E-state index in [0.717, 1.165) is 4.90 Å². The fourth-order valence-corrected chi connectivity index (χ4v) is 6.48. The largest absolute Gasteiger partial charge is 0.394 e. The molecule has 0 spiro atoms. The molecule has 0 fully saturated rings. The summed E-state index contributed by atoms with van der Waals surface area (Å²) in [7, 11) is 0. The van der Waals surface area contributed by atoms with Crippen molar-refractivity contribution < 1.29 is 29.7 Å². The SMILES string of the molecule is O=C(CO)Nc1c(I)c2c(I)c(c1I)C(=O)N(CC(O)CO)C2=O. The average Bonchev–Trinajstić information content (AvgIpc) is 2.54. The highest BCUT2D eigenvalue weighted by atomic mass is 127. The number of carbonyl (C=O) groups is 3. The lowest BCUT2D eigenvalue weighted by Gasteiger charge is -2.31. The number of aliphatic hydroxyl groups excluding tert-OH is 3. The summed E-state index contributed by atoms with van der Waals surface area (Å²) in [5.74, 6) is -1.87. The number of fused-ring (bicyclic) bond motifs is 2. The highest BCUT2D eigenvalue weighted by Gasteiger charge is 2.39. The molecule has 1 unspecified atom stereocenters. The molecular weight excluding hydrogens is 661 g/mol. The smallest absolute Gasteiger partial charge is 0.263 e. The second-order valence-corrected chi connectivity index (χ2v) is 8.07. The molecule has 24 heavy (non-hydrogen) atoms. The summed E-state index contributed by atoms with van der Waals surface area (Å²) in [6.45, 7) is -1.62. The lowest BCUT2D eigenvalue weighted by Crippen LogP contribution is -2.47. The van der Waals surface area contributed by atoms with Gasteiger partial charge in [0.15, 0.2) is 0 Å². The molecule has 0 saturated heterocycles. The van der Waals surface area contributed by atoms with Gasteiger partial charge in [-0.25, -0.2) is 0 Å². The van der Waals surface area contributed by atoms with Crippen LogP contribution in [-0.2, 0) is 4.79 Å². The van der Waals surface area contributed by atoms with Crippen LogP contribution in [0.4, 0.5) is 5.69 Å². The summed E-state index contributed by atoms with van der Waals surface area (Å²) in [5, 5.41) is 29.9. The van der Waals surface area contributed by atoms with Gasteiger partial charge in [-0.1, -0.05) is 0 Å². The van der Waals surface area contributed by atoms with Crippen LogP contribution in [0.15, 0.2) is 0 Å². The van der Waals surface area contributed by atoms with Gasteiger partial charge < -0.3 is 20.6 Å². The second kappa shape index (κ2) is 8.07. The van der Waals surface area contributed by atoms with Gasteiger partial charge in [-0.05, 0) is 67.8 Å². The van der Waals surface area contributed by atoms with Crippen LogP contribution in [0.3, 0.4) is 0 Å². The zero-order valence-corrected chi connectivity index (χ0v) is 18.3. The quantitative estimate of drug-likeness (QED) is 0.265. The van der Waals surface area contributed by atoms with Gasteiger partial charge in [0.25, 0.3) is 11.8 Å². The van der Waals surface area contributed by atoms with E-state index < -0.39 is 37.0 Å². The van der Waals surface area contributed by atoms with Gasteiger partial charge in [-0.3, -0.25) is 19.3 Å². The number of halogens is 3. The third-order valence-corrected chi connectivity index (χ3v) is 6.48. The minimum absolute atomic E-state index is 0.240. The highest BCUT2D eigenvalue weighted by molar-refractivity contribution is 14.1. The van der Waals surface area contributed by atoms with Crippen molar-refractivity contribution >= 4 is 91.2 Å². The molecule has 0 saturated carbocycles. The maximum atomic E-state index is 12.6. The van der Waals surface area contributed by atoms with E-state index in [1.165, 1.54) is 0 Å². The molecule has 3 amide bonds. The molecule has 0 aliphatic carbocycles. The van der Waals surface area contributed by atoms with Crippen LogP contribution in [-0.4, -0.2) is 63.8 Å². The number of hydrogen-bond acceptors (Lipinski definition) is 6. The van der Waals surface area contributed by atoms with Gasteiger partial charge in [0, 0.05) is 3.57 Å². The average molecular weight is 672 g/mol. The van der Waals surface area contributed by atoms with E-state index in [0.29, 0.717) is 16.4 Å². The Kier molecular flexibility index (Phi) is 6.79. The summed E-state index contributed by atoms with van der Waals surface area (Å²) in [4.78, 5) is 37.7. The molecule has 8 nitrogen and oxygen atoms in total. The standard InChI is InChI=1S/C13H11I3N2O6/c14-8-6-9(15)11(17-5(22)3-20)10(16)7(8)13(24)18(12(6)23)1-4(21)2-19/h4,19-21H,1-3H2,(H,17,22). The van der Waals surface area contributed by atoms with Gasteiger partial charge in [0.1, 0.15) is 6.61 Å². The number of imide groups is 1. The van der Waals surface area contributed by atoms with Crippen molar-refractivity contribution in [3.8, 4) is 0 Å². The van der Waals surface area contributed by atoms with E-state index in [4.69, 9.17) is 10.2 Å². The Labute approximate surface area is 177 Å². The van der Waals surface area contributed by atoms with E-state index in [2.05, 4.69) is 5.32 Å². The molecule has 1 aromatic rings. The third-order valence-electron chi connectivity index (χ3n) is 3.25. The Bertz CT molecular complexity index is 696. The summed E-state index contributed by atoms with van der Waals surface area (Å²) in [6.07, 6.45) is -1.23. The fraction of sp³-hybridized carbons (Fsp3) is 0.308. The van der Waals surface area contributed by atoms with E-state index >= 15 is 0 Å². The number of aliphatic hydroxyl groups is 3. The van der Waals surface area contributed by atoms with Crippen molar-refractivity contribution in [3.05, 3.63) is 21.8 Å². The monoisotopic (exact) mass is 672 g/mol. The molecule has 1 heterocycles. The molecule has 2 rings (SSSR count). The Balaban J connectivity index is 2.60. The molecule has 1 atom stereocenters. The maximum absolute atomic E-state index is 12.6. The molecule has 11 heteroatoms. The zero-order valence-electron chi connectivity index (χ0n) is 11.8. The van der Waals surface area contributed by atoms with Gasteiger partial charge in [0.05, 0.1) is 43.2 Å². The fourth-order valence-electron chi connectivity index (χ4n) is 2.12. The number of nitrogens with one attached hydrogen (secondary N) is 1. The molecule has 1 aliphatic heterocycles. The Morgan fingerprint density at radius 1 is 1.04 bits per heavy atom. The summed E-state index contributed by atoms with van der Waals surface area (Å²) in [6, 6.07) is 0. The van der Waals surface area contributed by atoms with Crippen LogP contribution in [0.5, 0.6) is 0 Å². The van der Waals surface area contributed by atoms with Gasteiger partial charge in [-0.15, -0.1) is 0 Å². The van der Waals surface area contributed by atoms with Gasteiger partial charge >= 0.3 is 0 Å². The molecule has 1 aliphatic rings. The first-order chi connectivity index (χ1) is 11.2. The van der Waals surface area contributed by atoms with Crippen molar-refractivity contribution in [2.24, 2.45) is 0 Å². The van der Waals surface area contributed by atoms with Crippen LogP contribution < -0.4 is 5.32 Å².